The molecule has 10 nitrogen and oxygen atoms in total. The quantitative estimate of drug-likeness (QED) is 0.571. The van der Waals surface area contributed by atoms with Gasteiger partial charge in [0.15, 0.2) is 0 Å². The molecule has 10 heteroatoms. The second-order valence-corrected chi connectivity index (χ2v) is 5.64. The van der Waals surface area contributed by atoms with Crippen LogP contribution < -0.4 is 10.8 Å². The number of rotatable bonds is 3. The van der Waals surface area contributed by atoms with E-state index in [9.17, 15) is 25.0 Å². The van der Waals surface area contributed by atoms with Gasteiger partial charge in [0.2, 0.25) is 5.48 Å². The number of nitrogens with zero attached hydrogens (tertiary/aromatic N) is 4. The summed E-state index contributed by atoms with van der Waals surface area (Å²) >= 11 is 0. The van der Waals surface area contributed by atoms with Crippen LogP contribution in [-0.4, -0.2) is 49.8 Å². The second kappa shape index (κ2) is 6.22. The minimum atomic E-state index is -1.03. The molecule has 1 amide bonds. The summed E-state index contributed by atoms with van der Waals surface area (Å²) in [5.41, 5.74) is -0.467. The van der Waals surface area contributed by atoms with Crippen molar-refractivity contribution in [1.82, 2.24) is 14.9 Å². The zero-order valence-electron chi connectivity index (χ0n) is 12.7. The molecule has 0 radical (unpaired) electrons. The number of likely N-dealkylation sites (tertiary alicyclic amines) is 1. The standard InChI is InChI=1S/C14H15N5O5/c20-14(17-6-2-1-3-7-17)12(19(23)24)13-15-10-5-4-9(18(21)22)8-11(10)16-13/h4-5,8-9,16H,1-3,6-7H2/b13-12-. The third-order valence-electron chi connectivity index (χ3n) is 4.05. The van der Waals surface area contributed by atoms with Gasteiger partial charge >= 0.3 is 11.6 Å². The lowest BCUT2D eigenvalue weighted by molar-refractivity contribution is -0.491. The lowest BCUT2D eigenvalue weighted by atomic mass is 10.1. The molecule has 24 heavy (non-hydrogen) atoms. The van der Waals surface area contributed by atoms with Crippen LogP contribution in [0.2, 0.25) is 0 Å². The van der Waals surface area contributed by atoms with Crippen molar-refractivity contribution >= 4 is 23.8 Å². The van der Waals surface area contributed by atoms with E-state index in [0.717, 1.165) is 19.3 Å². The number of H-pyrrole nitrogens is 1. The topological polar surface area (TPSA) is 135 Å². The van der Waals surface area contributed by atoms with E-state index in [1.54, 1.807) is 0 Å². The fourth-order valence-corrected chi connectivity index (χ4v) is 2.83. The molecule has 2 aliphatic rings. The first-order valence-corrected chi connectivity index (χ1v) is 7.55. The monoisotopic (exact) mass is 333 g/mol. The number of hydrogen-bond donors (Lipinski definition) is 1. The number of carbonyl (C=O) groups excluding carboxylic acids is 1. The SMILES string of the molecule is O=C(/C(=c1\nc2c([nH]1)=CC([N+](=O)[O-])C=C2)[N+](=O)[O-])N1CCCCC1. The Morgan fingerprint density at radius 3 is 2.58 bits per heavy atom. The Balaban J connectivity index is 2.07. The van der Waals surface area contributed by atoms with Gasteiger partial charge in [-0.05, 0) is 31.4 Å². The maximum absolute atomic E-state index is 12.5. The average molecular weight is 333 g/mol. The molecule has 1 saturated heterocycles. The summed E-state index contributed by atoms with van der Waals surface area (Å²) in [6.45, 7) is 0.956. The van der Waals surface area contributed by atoms with Crippen LogP contribution in [0.5, 0.6) is 0 Å². The fraction of sp³-hybridized carbons (Fsp3) is 0.429. The maximum Gasteiger partial charge on any atom is 0.375 e. The van der Waals surface area contributed by atoms with E-state index in [1.807, 2.05) is 0 Å². The van der Waals surface area contributed by atoms with Crippen LogP contribution in [0.3, 0.4) is 0 Å². The van der Waals surface area contributed by atoms with Crippen molar-refractivity contribution in [2.24, 2.45) is 0 Å². The number of nitrogens with one attached hydrogen (secondary N) is 1. The van der Waals surface area contributed by atoms with Gasteiger partial charge in [-0.3, -0.25) is 25.0 Å². The number of aromatic nitrogens is 2. The average Bonchev–Trinajstić information content (AvgIpc) is 2.97. The van der Waals surface area contributed by atoms with Crippen molar-refractivity contribution < 1.29 is 14.6 Å². The van der Waals surface area contributed by atoms with Gasteiger partial charge < -0.3 is 9.88 Å². The minimum Gasteiger partial charge on any atom is -0.333 e. The number of aromatic amines is 1. The Kier molecular flexibility index (Phi) is 4.11. The molecule has 1 aromatic heterocycles. The summed E-state index contributed by atoms with van der Waals surface area (Å²) in [5, 5.41) is 22.5. The Morgan fingerprint density at radius 1 is 1.25 bits per heavy atom. The summed E-state index contributed by atoms with van der Waals surface area (Å²) in [6, 6.07) is -1.03. The highest BCUT2D eigenvalue weighted by Crippen LogP contribution is 2.12. The molecule has 0 aromatic carbocycles. The van der Waals surface area contributed by atoms with Crippen molar-refractivity contribution in [3.05, 3.63) is 42.8 Å². The van der Waals surface area contributed by atoms with Crippen molar-refractivity contribution in [2.75, 3.05) is 13.1 Å². The van der Waals surface area contributed by atoms with Crippen molar-refractivity contribution in [2.45, 2.75) is 25.3 Å². The zero-order valence-corrected chi connectivity index (χ0v) is 12.7. The molecule has 1 aliphatic carbocycles. The van der Waals surface area contributed by atoms with Crippen LogP contribution in [-0.2, 0) is 4.79 Å². The van der Waals surface area contributed by atoms with Crippen LogP contribution in [0, 0.1) is 20.2 Å². The first kappa shape index (κ1) is 15.8. The van der Waals surface area contributed by atoms with Crippen LogP contribution in [0.25, 0.3) is 17.8 Å². The van der Waals surface area contributed by atoms with Crippen LogP contribution in [0.4, 0.5) is 0 Å². The predicted octanol–water partition coefficient (Wildman–Crippen LogP) is -0.740. The van der Waals surface area contributed by atoms with Crippen LogP contribution in [0.1, 0.15) is 25.0 Å². The number of fused-ring (bicyclic) bond motifs is 1. The Bertz CT molecular complexity index is 849. The van der Waals surface area contributed by atoms with Crippen molar-refractivity contribution in [3.8, 4) is 0 Å². The van der Waals surface area contributed by atoms with E-state index >= 15 is 0 Å². The summed E-state index contributed by atoms with van der Waals surface area (Å²) in [6.07, 6.45) is 6.69. The first-order chi connectivity index (χ1) is 11.5. The molecular formula is C14H15N5O5. The molecule has 0 bridgehead atoms. The summed E-state index contributed by atoms with van der Waals surface area (Å²) in [4.78, 5) is 41.6. The molecule has 1 aromatic rings. The van der Waals surface area contributed by atoms with E-state index in [4.69, 9.17) is 0 Å². The van der Waals surface area contributed by atoms with Gasteiger partial charge in [-0.2, -0.15) is 0 Å². The number of piperidine rings is 1. The van der Waals surface area contributed by atoms with E-state index in [-0.39, 0.29) is 5.48 Å². The minimum absolute atomic E-state index is 0.175. The first-order valence-electron chi connectivity index (χ1n) is 7.55. The highest BCUT2D eigenvalue weighted by molar-refractivity contribution is 6.09. The summed E-state index contributed by atoms with van der Waals surface area (Å²) in [7, 11) is 0. The van der Waals surface area contributed by atoms with Gasteiger partial charge in [0.1, 0.15) is 0 Å². The van der Waals surface area contributed by atoms with E-state index in [0.29, 0.717) is 24.1 Å². The smallest absolute Gasteiger partial charge is 0.333 e. The Hall–Kier alpha value is -3.04. The highest BCUT2D eigenvalue weighted by Gasteiger charge is 2.31. The van der Waals surface area contributed by atoms with E-state index in [1.165, 1.54) is 23.1 Å². The van der Waals surface area contributed by atoms with Gasteiger partial charge in [-0.15, -0.1) is 0 Å². The van der Waals surface area contributed by atoms with Crippen molar-refractivity contribution in [1.29, 1.82) is 0 Å². The molecule has 2 heterocycles. The molecule has 1 unspecified atom stereocenters. The van der Waals surface area contributed by atoms with Gasteiger partial charge in [0.25, 0.3) is 6.04 Å². The molecule has 1 atom stereocenters. The third kappa shape index (κ3) is 2.90. The lowest BCUT2D eigenvalue weighted by Gasteiger charge is -2.25. The fourth-order valence-electron chi connectivity index (χ4n) is 2.83. The molecule has 3 rings (SSSR count). The number of carbonyl (C=O) groups is 1. The number of nitro groups is 2. The van der Waals surface area contributed by atoms with E-state index < -0.39 is 27.5 Å². The number of imidazole rings is 1. The normalized spacial score (nSPS) is 20.8. The van der Waals surface area contributed by atoms with Gasteiger partial charge in [-0.1, -0.05) is 0 Å². The molecule has 1 aliphatic heterocycles. The number of hydrogen-bond acceptors (Lipinski definition) is 6. The summed E-state index contributed by atoms with van der Waals surface area (Å²) in [5.74, 6) is -0.680. The van der Waals surface area contributed by atoms with Crippen LogP contribution >= 0.6 is 0 Å². The molecule has 1 fully saturated rings. The molecule has 0 saturated carbocycles. The molecular weight excluding hydrogens is 318 g/mol. The second-order valence-electron chi connectivity index (χ2n) is 5.64. The maximum atomic E-state index is 12.5. The third-order valence-corrected chi connectivity index (χ3v) is 4.05. The largest absolute Gasteiger partial charge is 0.375 e. The summed E-state index contributed by atoms with van der Waals surface area (Å²) < 4.78 is 0. The predicted molar refractivity (Wildman–Crippen MR) is 83.0 cm³/mol. The molecule has 1 N–H and O–H groups in total. The van der Waals surface area contributed by atoms with Gasteiger partial charge in [0.05, 0.1) is 16.0 Å². The van der Waals surface area contributed by atoms with Gasteiger partial charge in [-0.25, -0.2) is 4.98 Å². The lowest BCUT2D eigenvalue weighted by Crippen LogP contribution is -2.40. The van der Waals surface area contributed by atoms with Crippen molar-refractivity contribution in [3.63, 3.8) is 0 Å². The Morgan fingerprint density at radius 2 is 1.96 bits per heavy atom. The number of amides is 1. The molecule has 0 spiro atoms. The van der Waals surface area contributed by atoms with E-state index in [2.05, 4.69) is 9.97 Å². The highest BCUT2D eigenvalue weighted by atomic mass is 16.6. The Labute approximate surface area is 135 Å². The molecule has 126 valence electrons. The van der Waals surface area contributed by atoms with Crippen LogP contribution in [0.15, 0.2) is 6.08 Å². The zero-order chi connectivity index (χ0) is 17.3. The van der Waals surface area contributed by atoms with Gasteiger partial charge in [0, 0.05) is 24.1 Å².